The Balaban J connectivity index is 2.42. The standard InChI is InChI=1S/C16H16N4S/c1-21-14-7-5-11(6-8-14)12-3-2-4-13(9-12)16(18)15(10-17)20-19/h2-9,20H,18-19H2,1H3/b16-15-. The molecule has 106 valence electrons. The largest absolute Gasteiger partial charge is 0.396 e. The van der Waals surface area contributed by atoms with E-state index in [4.69, 9.17) is 16.8 Å². The van der Waals surface area contributed by atoms with Crippen LogP contribution in [-0.2, 0) is 0 Å². The van der Waals surface area contributed by atoms with Crippen LogP contribution in [0.2, 0.25) is 0 Å². The van der Waals surface area contributed by atoms with Gasteiger partial charge in [0.15, 0.2) is 5.70 Å². The van der Waals surface area contributed by atoms with Gasteiger partial charge in [0.2, 0.25) is 0 Å². The smallest absolute Gasteiger partial charge is 0.151 e. The van der Waals surface area contributed by atoms with Gasteiger partial charge in [-0.3, -0.25) is 0 Å². The van der Waals surface area contributed by atoms with E-state index in [-0.39, 0.29) is 5.70 Å². The van der Waals surface area contributed by atoms with E-state index in [2.05, 4.69) is 29.7 Å². The zero-order chi connectivity index (χ0) is 15.2. The average molecular weight is 296 g/mol. The number of nitriles is 1. The number of rotatable bonds is 4. The highest BCUT2D eigenvalue weighted by atomic mass is 32.2. The first-order chi connectivity index (χ1) is 10.2. The Morgan fingerprint density at radius 2 is 1.86 bits per heavy atom. The molecule has 0 aliphatic rings. The van der Waals surface area contributed by atoms with E-state index in [1.807, 2.05) is 36.6 Å². The van der Waals surface area contributed by atoms with E-state index in [1.165, 1.54) is 4.90 Å². The highest BCUT2D eigenvalue weighted by Gasteiger charge is 2.06. The Morgan fingerprint density at radius 3 is 2.43 bits per heavy atom. The summed E-state index contributed by atoms with van der Waals surface area (Å²) in [5.41, 5.74) is 11.7. The third-order valence-electron chi connectivity index (χ3n) is 3.12. The van der Waals surface area contributed by atoms with Crippen molar-refractivity contribution >= 4 is 17.5 Å². The lowest BCUT2D eigenvalue weighted by molar-refractivity contribution is 0.920. The van der Waals surface area contributed by atoms with Crippen molar-refractivity contribution in [1.82, 2.24) is 5.43 Å². The molecule has 2 aromatic rings. The molecule has 0 bridgehead atoms. The van der Waals surface area contributed by atoms with Crippen LogP contribution in [0.1, 0.15) is 5.56 Å². The van der Waals surface area contributed by atoms with Gasteiger partial charge in [-0.1, -0.05) is 30.3 Å². The summed E-state index contributed by atoms with van der Waals surface area (Å²) in [7, 11) is 0. The van der Waals surface area contributed by atoms with Gasteiger partial charge < -0.3 is 11.2 Å². The molecule has 0 spiro atoms. The van der Waals surface area contributed by atoms with Gasteiger partial charge >= 0.3 is 0 Å². The van der Waals surface area contributed by atoms with Crippen molar-refractivity contribution in [2.45, 2.75) is 4.90 Å². The Kier molecular flexibility index (Phi) is 4.88. The third kappa shape index (κ3) is 3.37. The topological polar surface area (TPSA) is 87.9 Å². The molecule has 0 atom stereocenters. The van der Waals surface area contributed by atoms with Gasteiger partial charge in [0.1, 0.15) is 6.07 Å². The molecule has 0 saturated heterocycles. The van der Waals surface area contributed by atoms with Crippen molar-refractivity contribution in [2.75, 3.05) is 6.26 Å². The second-order valence-corrected chi connectivity index (χ2v) is 5.23. The number of allylic oxidation sites excluding steroid dienone is 1. The minimum Gasteiger partial charge on any atom is -0.396 e. The van der Waals surface area contributed by atoms with Crippen molar-refractivity contribution in [3.8, 4) is 17.2 Å². The predicted octanol–water partition coefficient (Wildman–Crippen LogP) is 2.69. The molecule has 4 nitrogen and oxygen atoms in total. The summed E-state index contributed by atoms with van der Waals surface area (Å²) in [4.78, 5) is 1.22. The van der Waals surface area contributed by atoms with Gasteiger partial charge in [-0.2, -0.15) is 5.26 Å². The van der Waals surface area contributed by atoms with E-state index in [1.54, 1.807) is 11.8 Å². The van der Waals surface area contributed by atoms with Crippen molar-refractivity contribution in [3.63, 3.8) is 0 Å². The molecule has 0 aliphatic heterocycles. The fraction of sp³-hybridized carbons (Fsp3) is 0.0625. The third-order valence-corrected chi connectivity index (χ3v) is 3.87. The maximum Gasteiger partial charge on any atom is 0.151 e. The van der Waals surface area contributed by atoms with E-state index in [9.17, 15) is 0 Å². The summed E-state index contributed by atoms with van der Waals surface area (Å²) < 4.78 is 0. The summed E-state index contributed by atoms with van der Waals surface area (Å²) in [6.07, 6.45) is 2.05. The number of benzene rings is 2. The molecule has 5 N–H and O–H groups in total. The van der Waals surface area contributed by atoms with Crippen molar-refractivity contribution in [2.24, 2.45) is 11.6 Å². The molecule has 0 radical (unpaired) electrons. The van der Waals surface area contributed by atoms with E-state index < -0.39 is 0 Å². The zero-order valence-corrected chi connectivity index (χ0v) is 12.4. The van der Waals surface area contributed by atoms with Crippen LogP contribution < -0.4 is 17.0 Å². The van der Waals surface area contributed by atoms with E-state index in [0.717, 1.165) is 16.7 Å². The number of thioether (sulfide) groups is 1. The van der Waals surface area contributed by atoms with Crippen LogP contribution in [0.3, 0.4) is 0 Å². The maximum absolute atomic E-state index is 8.97. The number of hydrogen-bond acceptors (Lipinski definition) is 5. The van der Waals surface area contributed by atoms with Gasteiger partial charge in [-0.15, -0.1) is 11.8 Å². The van der Waals surface area contributed by atoms with Crippen LogP contribution in [0.5, 0.6) is 0 Å². The highest BCUT2D eigenvalue weighted by molar-refractivity contribution is 7.98. The van der Waals surface area contributed by atoms with E-state index in [0.29, 0.717) is 5.70 Å². The van der Waals surface area contributed by atoms with Crippen LogP contribution in [-0.4, -0.2) is 6.26 Å². The number of hydrazine groups is 1. The van der Waals surface area contributed by atoms with E-state index >= 15 is 0 Å². The lowest BCUT2D eigenvalue weighted by Gasteiger charge is -2.08. The first-order valence-electron chi connectivity index (χ1n) is 6.31. The van der Waals surface area contributed by atoms with Crippen LogP contribution in [0.4, 0.5) is 0 Å². The minimum absolute atomic E-state index is 0.157. The molecule has 5 heteroatoms. The number of nitrogens with one attached hydrogen (secondary N) is 1. The second-order valence-electron chi connectivity index (χ2n) is 4.35. The maximum atomic E-state index is 8.97. The average Bonchev–Trinajstić information content (AvgIpc) is 2.56. The van der Waals surface area contributed by atoms with Crippen molar-refractivity contribution < 1.29 is 0 Å². The highest BCUT2D eigenvalue weighted by Crippen LogP contribution is 2.25. The summed E-state index contributed by atoms with van der Waals surface area (Å²) in [6.45, 7) is 0. The molecule has 2 rings (SSSR count). The quantitative estimate of drug-likeness (QED) is 0.349. The van der Waals surface area contributed by atoms with Gasteiger partial charge in [-0.25, -0.2) is 5.84 Å². The first kappa shape index (κ1) is 15.0. The molecule has 21 heavy (non-hydrogen) atoms. The molecule has 0 aromatic heterocycles. The molecule has 0 saturated carbocycles. The SMILES string of the molecule is CSc1ccc(-c2cccc(/C(N)=C(\C#N)NN)c2)cc1. The monoisotopic (exact) mass is 296 g/mol. The van der Waals surface area contributed by atoms with Gasteiger partial charge in [0.05, 0.1) is 5.70 Å². The number of nitrogens with two attached hydrogens (primary N) is 2. The first-order valence-corrected chi connectivity index (χ1v) is 7.53. The summed E-state index contributed by atoms with van der Waals surface area (Å²) in [5.74, 6) is 5.29. The molecule has 0 fully saturated rings. The van der Waals surface area contributed by atoms with Gasteiger partial charge in [0.25, 0.3) is 0 Å². The lowest BCUT2D eigenvalue weighted by atomic mass is 10.0. The van der Waals surface area contributed by atoms with Crippen molar-refractivity contribution in [1.29, 1.82) is 5.26 Å². The lowest BCUT2D eigenvalue weighted by Crippen LogP contribution is -2.23. The summed E-state index contributed by atoms with van der Waals surface area (Å²) in [6, 6.07) is 17.9. The Hall–Kier alpha value is -2.42. The van der Waals surface area contributed by atoms with Gasteiger partial charge in [-0.05, 0) is 35.6 Å². The Morgan fingerprint density at radius 1 is 1.14 bits per heavy atom. The van der Waals surface area contributed by atoms with Crippen LogP contribution in [0.25, 0.3) is 16.8 Å². The number of hydrogen-bond donors (Lipinski definition) is 3. The molecule has 0 aliphatic carbocycles. The fourth-order valence-electron chi connectivity index (χ4n) is 1.96. The molecule has 0 unspecified atom stereocenters. The Labute approximate surface area is 128 Å². The molecule has 2 aromatic carbocycles. The van der Waals surface area contributed by atoms with Crippen LogP contribution in [0, 0.1) is 11.3 Å². The van der Waals surface area contributed by atoms with Crippen molar-refractivity contribution in [3.05, 3.63) is 59.8 Å². The number of nitrogens with zero attached hydrogens (tertiary/aromatic N) is 1. The van der Waals surface area contributed by atoms with Gasteiger partial charge in [0, 0.05) is 10.5 Å². The molecule has 0 amide bonds. The van der Waals surface area contributed by atoms with Crippen LogP contribution in [0.15, 0.2) is 59.1 Å². The Bertz CT molecular complexity index is 699. The van der Waals surface area contributed by atoms with Crippen LogP contribution >= 0.6 is 11.8 Å². The fourth-order valence-corrected chi connectivity index (χ4v) is 2.37. The molecular formula is C16H16N4S. The predicted molar refractivity (Wildman–Crippen MR) is 87.7 cm³/mol. The normalized spacial score (nSPS) is 11.5. The summed E-state index contributed by atoms with van der Waals surface area (Å²) in [5, 5.41) is 8.97. The molecule has 0 heterocycles. The zero-order valence-electron chi connectivity index (χ0n) is 11.6. The summed E-state index contributed by atoms with van der Waals surface area (Å²) >= 11 is 1.70. The minimum atomic E-state index is 0.157. The molecular weight excluding hydrogens is 280 g/mol. The second kappa shape index (κ2) is 6.84.